The second-order valence-electron chi connectivity index (χ2n) is 8.70. The molecule has 0 rings (SSSR count). The molecule has 0 atom stereocenters. The van der Waals surface area contributed by atoms with Crippen LogP contribution in [0.5, 0.6) is 0 Å². The number of nitrogens with two attached hydrogens (primary N) is 4. The minimum atomic E-state index is -0.796. The van der Waals surface area contributed by atoms with Gasteiger partial charge in [-0.25, -0.2) is 0 Å². The Morgan fingerprint density at radius 2 is 1.16 bits per heavy atom. The topological polar surface area (TPSA) is 134 Å². The molecule has 0 fully saturated rings. The fourth-order valence-electron chi connectivity index (χ4n) is 4.38. The van der Waals surface area contributed by atoms with Crippen LogP contribution in [0.1, 0.15) is 96.8 Å². The summed E-state index contributed by atoms with van der Waals surface area (Å²) >= 11 is 0. The molecule has 0 saturated carbocycles. The lowest BCUT2D eigenvalue weighted by Crippen LogP contribution is -2.59. The van der Waals surface area contributed by atoms with Gasteiger partial charge < -0.3 is 27.7 Å². The number of ether oxygens (including phenoxy) is 1. The fraction of sp³-hybridized carbons (Fsp3) is 0.958. The molecule has 0 radical (unpaired) electrons. The van der Waals surface area contributed by atoms with E-state index in [1.165, 1.54) is 64.2 Å². The minimum absolute atomic E-state index is 0.213. The van der Waals surface area contributed by atoms with Crippen molar-refractivity contribution in [3.05, 3.63) is 0 Å². The SMILES string of the molecule is CCCCCCCCCCCCCCN(CCN)C(CCN)(CCN)C(=O)OCCN. The first-order valence-corrected chi connectivity index (χ1v) is 12.9. The van der Waals surface area contributed by atoms with Gasteiger partial charge in [0.2, 0.25) is 0 Å². The van der Waals surface area contributed by atoms with Crippen molar-refractivity contribution in [1.82, 2.24) is 4.90 Å². The molecule has 0 aliphatic rings. The monoisotopic (exact) mass is 443 g/mol. The van der Waals surface area contributed by atoms with Gasteiger partial charge in [-0.15, -0.1) is 0 Å². The van der Waals surface area contributed by atoms with Crippen LogP contribution in [0, 0.1) is 0 Å². The van der Waals surface area contributed by atoms with Crippen molar-refractivity contribution in [3.63, 3.8) is 0 Å². The molecule has 0 aromatic rings. The van der Waals surface area contributed by atoms with Crippen molar-refractivity contribution in [2.45, 2.75) is 102 Å². The Hall–Kier alpha value is -0.730. The van der Waals surface area contributed by atoms with Gasteiger partial charge in [-0.05, 0) is 38.9 Å². The van der Waals surface area contributed by atoms with Crippen molar-refractivity contribution < 1.29 is 9.53 Å². The third kappa shape index (κ3) is 13.4. The first-order chi connectivity index (χ1) is 15.1. The highest BCUT2D eigenvalue weighted by molar-refractivity contribution is 5.81. The normalized spacial score (nSPS) is 11.9. The largest absolute Gasteiger partial charge is 0.463 e. The summed E-state index contributed by atoms with van der Waals surface area (Å²) in [4.78, 5) is 15.1. The average Bonchev–Trinajstić information content (AvgIpc) is 2.77. The van der Waals surface area contributed by atoms with Gasteiger partial charge in [0.15, 0.2) is 0 Å². The summed E-state index contributed by atoms with van der Waals surface area (Å²) in [6, 6.07) is 0. The highest BCUT2D eigenvalue weighted by Crippen LogP contribution is 2.26. The van der Waals surface area contributed by atoms with Crippen molar-refractivity contribution >= 4 is 5.97 Å². The van der Waals surface area contributed by atoms with Crippen LogP contribution in [-0.4, -0.2) is 62.3 Å². The van der Waals surface area contributed by atoms with Crippen LogP contribution in [0.25, 0.3) is 0 Å². The Morgan fingerprint density at radius 3 is 1.58 bits per heavy atom. The van der Waals surface area contributed by atoms with Crippen LogP contribution in [0.2, 0.25) is 0 Å². The second kappa shape index (κ2) is 21.1. The summed E-state index contributed by atoms with van der Waals surface area (Å²) in [6.45, 7) is 5.52. The Morgan fingerprint density at radius 1 is 0.677 bits per heavy atom. The average molecular weight is 444 g/mol. The van der Waals surface area contributed by atoms with Gasteiger partial charge in [-0.3, -0.25) is 9.69 Å². The van der Waals surface area contributed by atoms with E-state index >= 15 is 0 Å². The number of carbonyl (C=O) groups excluding carboxylic acids is 1. The first kappa shape index (κ1) is 30.3. The molecule has 0 amide bonds. The molecule has 0 aromatic carbocycles. The van der Waals surface area contributed by atoms with E-state index in [0.29, 0.717) is 45.6 Å². The van der Waals surface area contributed by atoms with Crippen LogP contribution < -0.4 is 22.9 Å². The Bertz CT molecular complexity index is 403. The van der Waals surface area contributed by atoms with Crippen LogP contribution >= 0.6 is 0 Å². The molecule has 0 heterocycles. The quantitative estimate of drug-likeness (QED) is 0.141. The molecule has 8 N–H and O–H groups in total. The van der Waals surface area contributed by atoms with Gasteiger partial charge in [0.1, 0.15) is 12.1 Å². The van der Waals surface area contributed by atoms with Crippen molar-refractivity contribution in [3.8, 4) is 0 Å². The summed E-state index contributed by atoms with van der Waals surface area (Å²) in [5, 5.41) is 0. The zero-order valence-electron chi connectivity index (χ0n) is 20.4. The lowest BCUT2D eigenvalue weighted by molar-refractivity contribution is -0.159. The van der Waals surface area contributed by atoms with E-state index in [9.17, 15) is 4.79 Å². The summed E-state index contributed by atoms with van der Waals surface area (Å²) < 4.78 is 5.44. The number of hydrogen-bond donors (Lipinski definition) is 4. The standard InChI is InChI=1S/C24H53N5O2/c1-2-3-4-5-6-7-8-9-10-11-12-13-20-29(21-18-27)24(14-16-25,15-17-26)23(30)31-22-19-28/h2-22,25-28H2,1H3. The summed E-state index contributed by atoms with van der Waals surface area (Å²) in [6.07, 6.45) is 16.7. The van der Waals surface area contributed by atoms with Gasteiger partial charge in [-0.2, -0.15) is 0 Å². The van der Waals surface area contributed by atoms with Crippen LogP contribution in [0.15, 0.2) is 0 Å². The molecule has 186 valence electrons. The van der Waals surface area contributed by atoms with Crippen LogP contribution in [0.3, 0.4) is 0 Å². The molecule has 7 heteroatoms. The number of carbonyl (C=O) groups is 1. The zero-order chi connectivity index (χ0) is 23.2. The number of nitrogens with zero attached hydrogens (tertiary/aromatic N) is 1. The van der Waals surface area contributed by atoms with E-state index in [-0.39, 0.29) is 12.6 Å². The lowest BCUT2D eigenvalue weighted by atomic mass is 9.88. The Balaban J connectivity index is 4.44. The molecule has 7 nitrogen and oxygen atoms in total. The predicted octanol–water partition coefficient (Wildman–Crippen LogP) is 2.89. The van der Waals surface area contributed by atoms with Crippen molar-refractivity contribution in [2.24, 2.45) is 22.9 Å². The summed E-state index contributed by atoms with van der Waals surface area (Å²) in [5.74, 6) is -0.263. The zero-order valence-corrected chi connectivity index (χ0v) is 20.4. The molecular weight excluding hydrogens is 390 g/mol. The summed E-state index contributed by atoms with van der Waals surface area (Å²) in [5.41, 5.74) is 22.4. The van der Waals surface area contributed by atoms with E-state index in [1.54, 1.807) is 0 Å². The third-order valence-corrected chi connectivity index (χ3v) is 6.13. The number of hydrogen-bond acceptors (Lipinski definition) is 7. The van der Waals surface area contributed by atoms with E-state index in [4.69, 9.17) is 27.7 Å². The van der Waals surface area contributed by atoms with E-state index in [0.717, 1.165) is 19.4 Å². The fourth-order valence-corrected chi connectivity index (χ4v) is 4.38. The van der Waals surface area contributed by atoms with Gasteiger partial charge in [0, 0.05) is 19.6 Å². The smallest absolute Gasteiger partial charge is 0.326 e. The maximum absolute atomic E-state index is 13.0. The van der Waals surface area contributed by atoms with Crippen molar-refractivity contribution in [1.29, 1.82) is 0 Å². The number of rotatable bonds is 23. The molecule has 0 spiro atoms. The van der Waals surface area contributed by atoms with Gasteiger partial charge in [0.05, 0.1) is 0 Å². The highest BCUT2D eigenvalue weighted by atomic mass is 16.5. The summed E-state index contributed by atoms with van der Waals surface area (Å²) in [7, 11) is 0. The molecule has 31 heavy (non-hydrogen) atoms. The molecular formula is C24H53N5O2. The van der Waals surface area contributed by atoms with Crippen LogP contribution in [0.4, 0.5) is 0 Å². The van der Waals surface area contributed by atoms with E-state index in [1.807, 2.05) is 0 Å². The molecule has 0 aromatic heterocycles. The third-order valence-electron chi connectivity index (χ3n) is 6.13. The highest BCUT2D eigenvalue weighted by Gasteiger charge is 2.43. The molecule has 0 saturated heterocycles. The minimum Gasteiger partial charge on any atom is -0.463 e. The molecule has 0 aliphatic carbocycles. The predicted molar refractivity (Wildman–Crippen MR) is 132 cm³/mol. The second-order valence-corrected chi connectivity index (χ2v) is 8.70. The van der Waals surface area contributed by atoms with E-state index < -0.39 is 5.54 Å². The van der Waals surface area contributed by atoms with E-state index in [2.05, 4.69) is 11.8 Å². The maximum atomic E-state index is 13.0. The maximum Gasteiger partial charge on any atom is 0.326 e. The Kier molecular flexibility index (Phi) is 20.6. The Labute approximate surface area is 192 Å². The van der Waals surface area contributed by atoms with Crippen LogP contribution in [-0.2, 0) is 9.53 Å². The van der Waals surface area contributed by atoms with Crippen molar-refractivity contribution in [2.75, 3.05) is 45.9 Å². The first-order valence-electron chi connectivity index (χ1n) is 12.9. The lowest BCUT2D eigenvalue weighted by Gasteiger charge is -2.42. The van der Waals surface area contributed by atoms with Gasteiger partial charge in [-0.1, -0.05) is 77.6 Å². The number of esters is 1. The van der Waals surface area contributed by atoms with Gasteiger partial charge >= 0.3 is 5.97 Å². The molecule has 0 bridgehead atoms. The number of unbranched alkanes of at least 4 members (excludes halogenated alkanes) is 11. The molecule has 0 aliphatic heterocycles. The molecule has 0 unspecified atom stereocenters. The van der Waals surface area contributed by atoms with Gasteiger partial charge in [0.25, 0.3) is 0 Å².